The number of nitrogens with zero attached hydrogens (tertiary/aromatic N) is 1. The van der Waals surface area contributed by atoms with E-state index in [1.54, 1.807) is 0 Å². The first kappa shape index (κ1) is 14.2. The van der Waals surface area contributed by atoms with Gasteiger partial charge in [0, 0.05) is 29.8 Å². The van der Waals surface area contributed by atoms with E-state index in [9.17, 15) is 9.59 Å². The number of aromatic nitrogens is 1. The number of furan rings is 1. The Labute approximate surface area is 132 Å². The summed E-state index contributed by atoms with van der Waals surface area (Å²) in [4.78, 5) is 27.5. The van der Waals surface area contributed by atoms with Crippen LogP contribution in [0.4, 0.5) is 0 Å². The minimum atomic E-state index is -1.13. The molecule has 6 heteroatoms. The Morgan fingerprint density at radius 1 is 1.22 bits per heavy atom. The summed E-state index contributed by atoms with van der Waals surface area (Å²) in [5.74, 6) is -0.175. The Balaban J connectivity index is 1.54. The molecular weight excluding hydrogens is 296 g/mol. The molecule has 0 aliphatic heterocycles. The van der Waals surface area contributed by atoms with Gasteiger partial charge in [0.15, 0.2) is 0 Å². The average Bonchev–Trinajstić information content (AvgIpc) is 2.99. The summed E-state index contributed by atoms with van der Waals surface area (Å²) in [6, 6.07) is 3.16. The monoisotopic (exact) mass is 314 g/mol. The number of carboxylic acid groups (broad SMARTS) is 1. The van der Waals surface area contributed by atoms with E-state index in [1.807, 2.05) is 0 Å². The van der Waals surface area contributed by atoms with E-state index in [2.05, 4.69) is 10.3 Å². The summed E-state index contributed by atoms with van der Waals surface area (Å²) < 4.78 is 5.24. The first-order valence-corrected chi connectivity index (χ1v) is 8.04. The van der Waals surface area contributed by atoms with Crippen molar-refractivity contribution in [2.75, 3.05) is 0 Å². The molecule has 23 heavy (non-hydrogen) atoms. The van der Waals surface area contributed by atoms with Gasteiger partial charge in [0.2, 0.25) is 5.76 Å². The smallest absolute Gasteiger partial charge is 0.371 e. The van der Waals surface area contributed by atoms with Crippen LogP contribution in [0.25, 0.3) is 11.0 Å². The molecule has 1 unspecified atom stereocenters. The minimum absolute atomic E-state index is 0.149. The molecule has 3 aliphatic carbocycles. The molecule has 0 radical (unpaired) electrons. The van der Waals surface area contributed by atoms with E-state index in [4.69, 9.17) is 9.52 Å². The third-order valence-corrected chi connectivity index (χ3v) is 5.21. The number of carbonyl (C=O) groups excluding carboxylic acids is 1. The van der Waals surface area contributed by atoms with Gasteiger partial charge in [0.05, 0.1) is 0 Å². The van der Waals surface area contributed by atoms with Crippen molar-refractivity contribution in [2.24, 2.45) is 11.8 Å². The van der Waals surface area contributed by atoms with E-state index in [1.165, 1.54) is 44.0 Å². The second kappa shape index (κ2) is 5.37. The van der Waals surface area contributed by atoms with Crippen molar-refractivity contribution in [2.45, 2.75) is 38.1 Å². The van der Waals surface area contributed by atoms with Crippen LogP contribution in [0.2, 0.25) is 0 Å². The van der Waals surface area contributed by atoms with Crippen LogP contribution in [-0.2, 0) is 0 Å². The lowest BCUT2D eigenvalue weighted by atomic mass is 9.68. The molecule has 2 aromatic rings. The fourth-order valence-corrected chi connectivity index (χ4v) is 3.96. The van der Waals surface area contributed by atoms with E-state index >= 15 is 0 Å². The number of nitrogens with one attached hydrogen (secondary N) is 1. The van der Waals surface area contributed by atoms with Crippen LogP contribution >= 0.6 is 0 Å². The van der Waals surface area contributed by atoms with Gasteiger partial charge in [-0.3, -0.25) is 9.78 Å². The highest BCUT2D eigenvalue weighted by Gasteiger charge is 2.36. The Hall–Kier alpha value is -2.37. The molecule has 0 spiro atoms. The van der Waals surface area contributed by atoms with Gasteiger partial charge in [-0.05, 0) is 31.1 Å². The summed E-state index contributed by atoms with van der Waals surface area (Å²) in [6.45, 7) is 0. The molecule has 5 rings (SSSR count). The van der Waals surface area contributed by atoms with Gasteiger partial charge >= 0.3 is 5.97 Å². The molecule has 6 nitrogen and oxygen atoms in total. The number of aromatic carboxylic acids is 1. The molecule has 0 aromatic carbocycles. The van der Waals surface area contributed by atoms with E-state index in [0.717, 1.165) is 12.3 Å². The molecule has 2 bridgehead atoms. The lowest BCUT2D eigenvalue weighted by molar-refractivity contribution is 0.0664. The molecular formula is C17H18N2O4. The van der Waals surface area contributed by atoms with Gasteiger partial charge in [-0.15, -0.1) is 0 Å². The van der Waals surface area contributed by atoms with Crippen molar-refractivity contribution in [3.8, 4) is 0 Å². The molecule has 3 saturated carbocycles. The second-order valence-electron chi connectivity index (χ2n) is 6.62. The molecule has 2 aromatic heterocycles. The number of hydrogen-bond donors (Lipinski definition) is 2. The molecule has 3 aliphatic rings. The van der Waals surface area contributed by atoms with Crippen molar-refractivity contribution in [1.29, 1.82) is 0 Å². The lowest BCUT2D eigenvalue weighted by Crippen LogP contribution is -2.47. The van der Waals surface area contributed by atoms with Crippen molar-refractivity contribution in [1.82, 2.24) is 10.3 Å². The normalized spacial score (nSPS) is 26.3. The van der Waals surface area contributed by atoms with E-state index in [0.29, 0.717) is 16.9 Å². The standard InChI is InChI=1S/C17H18N2O4/c20-16(19-12-5-9-1-3-10(12)4-2-9)13-7-14-11(8-18-13)6-15(23-14)17(21)22/h6-10,12H,1-5H2,(H,19,20)(H,21,22). The number of rotatable bonds is 3. The zero-order valence-corrected chi connectivity index (χ0v) is 12.6. The highest BCUT2D eigenvalue weighted by Crippen LogP contribution is 2.41. The summed E-state index contributed by atoms with van der Waals surface area (Å²) in [5.41, 5.74) is 0.637. The van der Waals surface area contributed by atoms with Gasteiger partial charge < -0.3 is 14.8 Å². The van der Waals surface area contributed by atoms with Crippen LogP contribution in [0.15, 0.2) is 22.7 Å². The molecule has 0 saturated heterocycles. The van der Waals surface area contributed by atoms with Crippen molar-refractivity contribution >= 4 is 22.8 Å². The zero-order valence-electron chi connectivity index (χ0n) is 12.6. The zero-order chi connectivity index (χ0) is 16.0. The van der Waals surface area contributed by atoms with Crippen LogP contribution < -0.4 is 5.32 Å². The van der Waals surface area contributed by atoms with Crippen LogP contribution in [0, 0.1) is 11.8 Å². The van der Waals surface area contributed by atoms with Gasteiger partial charge in [-0.25, -0.2) is 4.79 Å². The highest BCUT2D eigenvalue weighted by atomic mass is 16.4. The average molecular weight is 314 g/mol. The SMILES string of the molecule is O=C(NC1CC2CCC1CC2)c1cc2oc(C(=O)O)cc2cn1. The third kappa shape index (κ3) is 2.58. The lowest BCUT2D eigenvalue weighted by Gasteiger charge is -2.42. The van der Waals surface area contributed by atoms with Crippen LogP contribution in [0.1, 0.15) is 53.1 Å². The highest BCUT2D eigenvalue weighted by molar-refractivity contribution is 5.97. The van der Waals surface area contributed by atoms with Gasteiger partial charge in [0.25, 0.3) is 5.91 Å². The number of carbonyl (C=O) groups is 2. The molecule has 1 atom stereocenters. The minimum Gasteiger partial charge on any atom is -0.475 e. The molecule has 120 valence electrons. The van der Waals surface area contributed by atoms with Crippen LogP contribution in [0.5, 0.6) is 0 Å². The molecule has 2 heterocycles. The Bertz CT molecular complexity index is 774. The fourth-order valence-electron chi connectivity index (χ4n) is 3.96. The first-order valence-electron chi connectivity index (χ1n) is 8.04. The summed E-state index contributed by atoms with van der Waals surface area (Å²) in [6.07, 6.45) is 7.50. The Morgan fingerprint density at radius 3 is 2.65 bits per heavy atom. The Morgan fingerprint density at radius 2 is 2.00 bits per heavy atom. The Kier molecular flexibility index (Phi) is 3.32. The third-order valence-electron chi connectivity index (χ3n) is 5.21. The predicted octanol–water partition coefficient (Wildman–Crippen LogP) is 2.83. The quantitative estimate of drug-likeness (QED) is 0.908. The van der Waals surface area contributed by atoms with Crippen LogP contribution in [-0.4, -0.2) is 28.0 Å². The second-order valence-corrected chi connectivity index (χ2v) is 6.62. The number of fused-ring (bicyclic) bond motifs is 4. The predicted molar refractivity (Wildman–Crippen MR) is 82.3 cm³/mol. The fraction of sp³-hybridized carbons (Fsp3) is 0.471. The van der Waals surface area contributed by atoms with Crippen molar-refractivity contribution in [3.63, 3.8) is 0 Å². The van der Waals surface area contributed by atoms with Crippen molar-refractivity contribution in [3.05, 3.63) is 29.8 Å². The largest absolute Gasteiger partial charge is 0.475 e. The summed E-state index contributed by atoms with van der Waals surface area (Å²) >= 11 is 0. The maximum Gasteiger partial charge on any atom is 0.371 e. The van der Waals surface area contributed by atoms with Crippen molar-refractivity contribution < 1.29 is 19.1 Å². The molecule has 1 amide bonds. The van der Waals surface area contributed by atoms with Gasteiger partial charge in [-0.2, -0.15) is 0 Å². The number of amides is 1. The maximum atomic E-state index is 12.4. The molecule has 3 fully saturated rings. The number of pyridine rings is 1. The van der Waals surface area contributed by atoms with Gasteiger partial charge in [0.1, 0.15) is 11.3 Å². The first-order chi connectivity index (χ1) is 11.1. The van der Waals surface area contributed by atoms with E-state index < -0.39 is 5.97 Å². The summed E-state index contributed by atoms with van der Waals surface area (Å²) in [7, 11) is 0. The number of hydrogen-bond acceptors (Lipinski definition) is 4. The van der Waals surface area contributed by atoms with Gasteiger partial charge in [-0.1, -0.05) is 12.8 Å². The topological polar surface area (TPSA) is 92.4 Å². The van der Waals surface area contributed by atoms with E-state index in [-0.39, 0.29) is 23.4 Å². The maximum absolute atomic E-state index is 12.4. The molecule has 2 N–H and O–H groups in total. The summed E-state index contributed by atoms with van der Waals surface area (Å²) in [5, 5.41) is 12.6. The number of carboxylic acids is 1. The van der Waals surface area contributed by atoms with Crippen LogP contribution in [0.3, 0.4) is 0 Å².